The smallest absolute Gasteiger partial charge is 0.412 e. The van der Waals surface area contributed by atoms with Crippen molar-refractivity contribution in [2.45, 2.75) is 45.7 Å². The van der Waals surface area contributed by atoms with Crippen molar-refractivity contribution in [2.75, 3.05) is 6.61 Å². The molecule has 2 aromatic heterocycles. The summed E-state index contributed by atoms with van der Waals surface area (Å²) in [5.74, 6) is 1.45. The van der Waals surface area contributed by atoms with Crippen molar-refractivity contribution in [1.29, 1.82) is 0 Å². The van der Waals surface area contributed by atoms with E-state index in [2.05, 4.69) is 10.2 Å². The van der Waals surface area contributed by atoms with Crippen LogP contribution in [-0.2, 0) is 12.9 Å². The van der Waals surface area contributed by atoms with Crippen LogP contribution in [0, 0.1) is 0 Å². The third-order valence-electron chi connectivity index (χ3n) is 5.42. The van der Waals surface area contributed by atoms with Crippen LogP contribution < -0.4 is 4.74 Å². The molecule has 0 spiro atoms. The number of furan rings is 1. The van der Waals surface area contributed by atoms with Crippen LogP contribution >= 0.6 is 0 Å². The van der Waals surface area contributed by atoms with Crippen LogP contribution in [0.1, 0.15) is 49.9 Å². The van der Waals surface area contributed by atoms with Gasteiger partial charge in [0.25, 0.3) is 5.91 Å². The number of carbonyl (C=O) groups is 1. The molecule has 4 aromatic rings. The fourth-order valence-corrected chi connectivity index (χ4v) is 3.59. The highest BCUT2D eigenvalue weighted by molar-refractivity contribution is 5.94. The first-order valence-electron chi connectivity index (χ1n) is 12.1. The highest BCUT2D eigenvalue weighted by atomic mass is 16.5. The Morgan fingerprint density at radius 1 is 1.09 bits per heavy atom. The number of rotatable bonds is 11. The number of amides is 1. The molecular weight excluding hydrogens is 446 g/mol. The number of nitrogens with zero attached hydrogens (tertiary/aromatic N) is 3. The summed E-state index contributed by atoms with van der Waals surface area (Å²) in [5, 5.41) is 16.3. The molecule has 0 saturated heterocycles. The largest absolute Gasteiger partial charge is 0.493 e. The molecular formula is C27H29N3O5. The maximum Gasteiger partial charge on any atom is 0.412 e. The minimum Gasteiger partial charge on any atom is -0.493 e. The van der Waals surface area contributed by atoms with Crippen LogP contribution in [0.15, 0.2) is 75.8 Å². The van der Waals surface area contributed by atoms with E-state index in [0.717, 1.165) is 24.2 Å². The number of hydrogen-bond acceptors (Lipinski definition) is 7. The molecule has 0 fully saturated rings. The van der Waals surface area contributed by atoms with E-state index in [1.807, 2.05) is 62.4 Å². The number of aryl methyl sites for hydroxylation is 1. The Bertz CT molecular complexity index is 1250. The summed E-state index contributed by atoms with van der Waals surface area (Å²) < 4.78 is 25.3. The van der Waals surface area contributed by atoms with Crippen molar-refractivity contribution in [3.05, 3.63) is 83.9 Å². The molecule has 1 atom stereocenters. The number of benzene rings is 2. The van der Waals surface area contributed by atoms with Crippen molar-refractivity contribution >= 4 is 5.91 Å². The predicted octanol–water partition coefficient (Wildman–Crippen LogP) is 5.49. The van der Waals surface area contributed by atoms with E-state index in [1.165, 1.54) is 0 Å². The number of carbonyl (C=O) groups excluding carboxylic acids is 1. The summed E-state index contributed by atoms with van der Waals surface area (Å²) in [4.78, 5) is 15.0. The lowest BCUT2D eigenvalue weighted by atomic mass is 10.1. The lowest BCUT2D eigenvalue weighted by Crippen LogP contribution is -2.36. The molecule has 0 saturated carbocycles. The van der Waals surface area contributed by atoms with Crippen molar-refractivity contribution in [3.8, 4) is 23.1 Å². The molecule has 8 nitrogen and oxygen atoms in total. The van der Waals surface area contributed by atoms with Gasteiger partial charge in [-0.2, -0.15) is 0 Å². The molecule has 2 aromatic carbocycles. The van der Waals surface area contributed by atoms with Gasteiger partial charge in [0, 0.05) is 35.7 Å². The Balaban J connectivity index is 1.42. The molecule has 8 heteroatoms. The number of ether oxygens (including phenoxy) is 1. The Hall–Kier alpha value is -4.07. The first kappa shape index (κ1) is 22.7. The molecule has 35 heavy (non-hydrogen) atoms. The molecule has 1 amide bonds. The third-order valence-corrected chi connectivity index (χ3v) is 5.42. The Morgan fingerprint density at radius 2 is 1.89 bits per heavy atom. The Kier molecular flexibility index (Phi) is 7.38. The molecule has 0 bridgehead atoms. The number of aromatic hydroxyl groups is 1. The van der Waals surface area contributed by atoms with E-state index in [9.17, 15) is 4.79 Å². The number of hydrogen-bond donors (Lipinski definition) is 1. The molecule has 4 rings (SSSR count). The van der Waals surface area contributed by atoms with Gasteiger partial charge in [0.05, 0.1) is 14.2 Å². The van der Waals surface area contributed by atoms with Crippen molar-refractivity contribution in [3.63, 3.8) is 0 Å². The maximum atomic E-state index is 13.4. The fraction of sp³-hybridized carbons (Fsp3) is 0.296. The van der Waals surface area contributed by atoms with E-state index < -0.39 is 12.6 Å². The van der Waals surface area contributed by atoms with Gasteiger partial charge in [-0.15, -0.1) is 5.10 Å². The summed E-state index contributed by atoms with van der Waals surface area (Å²) >= 11 is 0. The van der Waals surface area contributed by atoms with Gasteiger partial charge >= 0.3 is 6.08 Å². The molecule has 1 unspecified atom stereocenters. The number of aromatic nitrogens is 2. The highest BCUT2D eigenvalue weighted by Crippen LogP contribution is 2.24. The van der Waals surface area contributed by atoms with E-state index in [-0.39, 0.29) is 11.9 Å². The summed E-state index contributed by atoms with van der Waals surface area (Å²) in [6.07, 6.45) is 3.16. The van der Waals surface area contributed by atoms with Crippen LogP contribution in [-0.4, -0.2) is 38.8 Å². The minimum atomic E-state index is -0.945. The van der Waals surface area contributed by atoms with E-state index in [4.69, 9.17) is 20.0 Å². The van der Waals surface area contributed by atoms with Crippen LogP contribution in [0.25, 0.3) is 11.3 Å². The van der Waals surface area contributed by atoms with Crippen molar-refractivity contribution in [1.82, 2.24) is 15.1 Å². The average Bonchev–Trinajstić information content (AvgIpc) is 3.56. The maximum absolute atomic E-state index is 13.4. The van der Waals surface area contributed by atoms with E-state index >= 15 is 0 Å². The first-order chi connectivity index (χ1) is 17.4. The van der Waals surface area contributed by atoms with Gasteiger partial charge in [0.1, 0.15) is 11.5 Å². The zero-order chi connectivity index (χ0) is 25.5. The third kappa shape index (κ3) is 6.29. The Labute approximate surface area is 205 Å². The molecule has 0 aliphatic heterocycles. The van der Waals surface area contributed by atoms with Crippen molar-refractivity contribution in [2.24, 2.45) is 0 Å². The topological polar surface area (TPSA) is 102 Å². The predicted molar refractivity (Wildman–Crippen MR) is 130 cm³/mol. The van der Waals surface area contributed by atoms with Crippen LogP contribution in [0.2, 0.25) is 0 Å². The number of unbranched alkanes of at least 4 members (excludes halogenated alkanes) is 1. The van der Waals surface area contributed by atoms with Crippen LogP contribution in [0.5, 0.6) is 11.8 Å². The zero-order valence-corrected chi connectivity index (χ0v) is 19.8. The highest BCUT2D eigenvalue weighted by Gasteiger charge is 2.21. The molecule has 1 N–H and O–H groups in total. The van der Waals surface area contributed by atoms with Gasteiger partial charge in [-0.3, -0.25) is 4.79 Å². The quantitative estimate of drug-likeness (QED) is 0.286. The Morgan fingerprint density at radius 3 is 2.57 bits per heavy atom. The molecule has 182 valence electrons. The lowest BCUT2D eigenvalue weighted by Gasteiger charge is -2.28. The standard InChI is InChI=1S/C27H29N3O5/c1-19(2)30(26(31)21-14-12-20(13-15-21)23-10-7-17-34-23)18-22-8-3-4-9-24(22)33-16-6-5-11-25-28-29-27(32)35-25/h3-4,7-10,12-15,17,19H,5-6,11,16,18H2,1-2H3,(H,29,32)/i18D. The normalized spacial score (nSPS) is 12.4. The summed E-state index contributed by atoms with van der Waals surface area (Å²) in [5.41, 5.74) is 2.00. The van der Waals surface area contributed by atoms with Gasteiger partial charge < -0.3 is 23.6 Å². The second kappa shape index (κ2) is 11.4. The monoisotopic (exact) mass is 476 g/mol. The van der Waals surface area contributed by atoms with E-state index in [0.29, 0.717) is 35.8 Å². The lowest BCUT2D eigenvalue weighted by molar-refractivity contribution is 0.0688. The second-order valence-corrected chi connectivity index (χ2v) is 8.31. The second-order valence-electron chi connectivity index (χ2n) is 8.31. The van der Waals surface area contributed by atoms with Gasteiger partial charge in [0.15, 0.2) is 0 Å². The fourth-order valence-electron chi connectivity index (χ4n) is 3.59. The average molecular weight is 477 g/mol. The summed E-state index contributed by atoms with van der Waals surface area (Å²) in [6.45, 7) is 3.28. The minimum absolute atomic E-state index is 0.205. The van der Waals surface area contributed by atoms with Gasteiger partial charge in [-0.1, -0.05) is 35.4 Å². The SMILES string of the molecule is [2H]C(c1ccccc1OCCCCc1nnc(O)o1)N(C(=O)c1ccc(-c2ccco2)cc1)C(C)C. The van der Waals surface area contributed by atoms with Crippen LogP contribution in [0.3, 0.4) is 0 Å². The first-order valence-corrected chi connectivity index (χ1v) is 11.6. The van der Waals surface area contributed by atoms with Gasteiger partial charge in [0.2, 0.25) is 5.89 Å². The molecule has 2 heterocycles. The molecule has 0 aliphatic carbocycles. The van der Waals surface area contributed by atoms with E-state index in [1.54, 1.807) is 23.3 Å². The van der Waals surface area contributed by atoms with Gasteiger partial charge in [-0.25, -0.2) is 0 Å². The van der Waals surface area contributed by atoms with Gasteiger partial charge in [-0.05, 0) is 57.0 Å². The summed E-state index contributed by atoms with van der Waals surface area (Å²) in [7, 11) is 0. The van der Waals surface area contributed by atoms with Crippen LogP contribution in [0.4, 0.5) is 0 Å². The zero-order valence-electron chi connectivity index (χ0n) is 20.8. The summed E-state index contributed by atoms with van der Waals surface area (Å²) in [6, 6.07) is 18.0. The van der Waals surface area contributed by atoms with Crippen molar-refractivity contribution < 1.29 is 24.8 Å². The number of para-hydroxylation sites is 1. The molecule has 0 radical (unpaired) electrons. The molecule has 0 aliphatic rings.